The van der Waals surface area contributed by atoms with Crippen LogP contribution >= 0.6 is 35.0 Å². The van der Waals surface area contributed by atoms with Gasteiger partial charge >= 0.3 is 0 Å². The molecule has 0 spiro atoms. The summed E-state index contributed by atoms with van der Waals surface area (Å²) in [5, 5.41) is 7.16. The summed E-state index contributed by atoms with van der Waals surface area (Å²) in [6, 6.07) is 4.77. The summed E-state index contributed by atoms with van der Waals surface area (Å²) in [6.45, 7) is 1.63. The van der Waals surface area contributed by atoms with Crippen LogP contribution in [0, 0.1) is 6.92 Å². The molecular weight excluding hydrogens is 387 g/mol. The van der Waals surface area contributed by atoms with Crippen molar-refractivity contribution in [2.45, 2.75) is 12.7 Å². The third-order valence-corrected chi connectivity index (χ3v) is 4.69. The predicted octanol–water partition coefficient (Wildman–Crippen LogP) is 3.02. The number of thioether (sulfide) groups is 1. The summed E-state index contributed by atoms with van der Waals surface area (Å²) in [7, 11) is 1.57. The SMILES string of the molecule is Cc1nc(CSCC(=O)N(C)CC(=O)Nc2ccc(Cl)c(Cl)c2)no1. The molecule has 0 radical (unpaired) electrons. The first-order valence-corrected chi connectivity index (χ1v) is 9.12. The molecule has 10 heteroatoms. The number of hydrogen-bond donors (Lipinski definition) is 1. The molecule has 25 heavy (non-hydrogen) atoms. The van der Waals surface area contributed by atoms with Crippen LogP contribution in [0.3, 0.4) is 0 Å². The van der Waals surface area contributed by atoms with Gasteiger partial charge in [-0.25, -0.2) is 0 Å². The lowest BCUT2D eigenvalue weighted by Crippen LogP contribution is -2.36. The second kappa shape index (κ2) is 9.07. The van der Waals surface area contributed by atoms with Gasteiger partial charge in [0.1, 0.15) is 0 Å². The number of likely N-dealkylation sites (N-methyl/N-ethyl adjacent to an activating group) is 1. The molecule has 0 unspecified atom stereocenters. The largest absolute Gasteiger partial charge is 0.340 e. The lowest BCUT2D eigenvalue weighted by atomic mass is 10.3. The lowest BCUT2D eigenvalue weighted by Gasteiger charge is -2.16. The molecule has 134 valence electrons. The van der Waals surface area contributed by atoms with E-state index in [1.807, 2.05) is 0 Å². The zero-order chi connectivity index (χ0) is 18.4. The highest BCUT2D eigenvalue weighted by atomic mass is 35.5. The molecule has 0 saturated heterocycles. The first kappa shape index (κ1) is 19.6. The molecule has 0 aliphatic rings. The maximum atomic E-state index is 12.0. The Kier molecular flexibility index (Phi) is 7.10. The maximum Gasteiger partial charge on any atom is 0.243 e. The fourth-order valence-electron chi connectivity index (χ4n) is 1.82. The van der Waals surface area contributed by atoms with Crippen LogP contribution in [0.15, 0.2) is 22.7 Å². The third kappa shape index (κ3) is 6.22. The highest BCUT2D eigenvalue weighted by Crippen LogP contribution is 2.24. The van der Waals surface area contributed by atoms with Crippen molar-refractivity contribution < 1.29 is 14.1 Å². The van der Waals surface area contributed by atoms with Gasteiger partial charge in [0.05, 0.1) is 28.1 Å². The third-order valence-electron chi connectivity index (χ3n) is 3.04. The number of rotatable bonds is 7. The Hall–Kier alpha value is -1.77. The molecule has 1 aromatic carbocycles. The number of hydrogen-bond acceptors (Lipinski definition) is 6. The molecule has 1 heterocycles. The van der Waals surface area contributed by atoms with Gasteiger partial charge in [-0.1, -0.05) is 28.4 Å². The van der Waals surface area contributed by atoms with E-state index in [0.717, 1.165) is 0 Å². The van der Waals surface area contributed by atoms with E-state index in [1.165, 1.54) is 16.7 Å². The fourth-order valence-corrected chi connectivity index (χ4v) is 2.91. The van der Waals surface area contributed by atoms with Crippen LogP contribution in [-0.4, -0.2) is 46.2 Å². The van der Waals surface area contributed by atoms with Crippen LogP contribution in [0.5, 0.6) is 0 Å². The van der Waals surface area contributed by atoms with Crippen molar-refractivity contribution in [3.05, 3.63) is 40.0 Å². The summed E-state index contributed by atoms with van der Waals surface area (Å²) in [5.41, 5.74) is 0.516. The average Bonchev–Trinajstić information content (AvgIpc) is 2.96. The first-order valence-electron chi connectivity index (χ1n) is 7.21. The van der Waals surface area contributed by atoms with Crippen molar-refractivity contribution in [2.24, 2.45) is 0 Å². The van der Waals surface area contributed by atoms with Gasteiger partial charge in [0, 0.05) is 19.7 Å². The molecule has 1 aromatic heterocycles. The summed E-state index contributed by atoms with van der Waals surface area (Å²) in [4.78, 5) is 29.5. The number of amides is 2. The van der Waals surface area contributed by atoms with E-state index in [-0.39, 0.29) is 24.1 Å². The topological polar surface area (TPSA) is 88.3 Å². The second-order valence-corrected chi connectivity index (χ2v) is 6.95. The van der Waals surface area contributed by atoms with Crippen LogP contribution in [0.25, 0.3) is 0 Å². The molecule has 0 saturated carbocycles. The van der Waals surface area contributed by atoms with E-state index in [2.05, 4.69) is 15.5 Å². The van der Waals surface area contributed by atoms with Crippen LogP contribution in [0.2, 0.25) is 10.0 Å². The first-order chi connectivity index (χ1) is 11.8. The van der Waals surface area contributed by atoms with Crippen molar-refractivity contribution in [1.29, 1.82) is 0 Å². The molecule has 7 nitrogen and oxygen atoms in total. The van der Waals surface area contributed by atoms with Gasteiger partial charge in [-0.15, -0.1) is 11.8 Å². The van der Waals surface area contributed by atoms with Crippen LogP contribution in [0.1, 0.15) is 11.7 Å². The van der Waals surface area contributed by atoms with Gasteiger partial charge in [-0.3, -0.25) is 9.59 Å². The van der Waals surface area contributed by atoms with Crippen LogP contribution in [-0.2, 0) is 15.3 Å². The zero-order valence-corrected chi connectivity index (χ0v) is 15.9. The highest BCUT2D eigenvalue weighted by molar-refractivity contribution is 7.99. The Balaban J connectivity index is 1.75. The molecule has 0 fully saturated rings. The maximum absolute atomic E-state index is 12.0. The van der Waals surface area contributed by atoms with Crippen LogP contribution < -0.4 is 5.32 Å². The number of nitrogens with one attached hydrogen (secondary N) is 1. The quantitative estimate of drug-likeness (QED) is 0.765. The molecule has 0 aliphatic heterocycles. The Morgan fingerprint density at radius 1 is 1.32 bits per heavy atom. The highest BCUT2D eigenvalue weighted by Gasteiger charge is 2.14. The lowest BCUT2D eigenvalue weighted by molar-refractivity contribution is -0.131. The molecule has 1 N–H and O–H groups in total. The molecule has 2 aromatic rings. The van der Waals surface area contributed by atoms with Gasteiger partial charge in [-0.2, -0.15) is 4.98 Å². The molecule has 2 rings (SSSR count). The molecule has 0 bridgehead atoms. The van der Waals surface area contributed by atoms with Crippen molar-refractivity contribution in [2.75, 3.05) is 24.7 Å². The predicted molar refractivity (Wildman–Crippen MR) is 97.9 cm³/mol. The van der Waals surface area contributed by atoms with Gasteiger partial charge in [0.25, 0.3) is 0 Å². The number of aryl methyl sites for hydroxylation is 1. The number of aromatic nitrogens is 2. The Morgan fingerprint density at radius 3 is 2.72 bits per heavy atom. The van der Waals surface area contributed by atoms with Gasteiger partial charge < -0.3 is 14.7 Å². The number of carbonyl (C=O) groups excluding carboxylic acids is 2. The van der Waals surface area contributed by atoms with Crippen molar-refractivity contribution >= 4 is 52.5 Å². The van der Waals surface area contributed by atoms with Gasteiger partial charge in [0.2, 0.25) is 17.7 Å². The van der Waals surface area contributed by atoms with E-state index in [4.69, 9.17) is 27.7 Å². The Labute approximate surface area is 159 Å². The van der Waals surface area contributed by atoms with E-state index >= 15 is 0 Å². The smallest absolute Gasteiger partial charge is 0.243 e. The molecule has 2 amide bonds. The average molecular weight is 403 g/mol. The number of nitrogens with zero attached hydrogens (tertiary/aromatic N) is 3. The number of halogens is 2. The summed E-state index contributed by atoms with van der Waals surface area (Å²) >= 11 is 13.1. The monoisotopic (exact) mass is 402 g/mol. The van der Waals surface area contributed by atoms with E-state index in [9.17, 15) is 9.59 Å². The minimum atomic E-state index is -0.326. The summed E-state index contributed by atoms with van der Waals surface area (Å²) < 4.78 is 4.85. The van der Waals surface area contributed by atoms with Crippen molar-refractivity contribution in [3.8, 4) is 0 Å². The van der Waals surface area contributed by atoms with Crippen LogP contribution in [0.4, 0.5) is 5.69 Å². The van der Waals surface area contributed by atoms with E-state index in [1.54, 1.807) is 32.2 Å². The standard InChI is InChI=1S/C15H16Cl2N4O3S/c1-9-18-13(20-24-9)7-25-8-15(23)21(2)6-14(22)19-10-3-4-11(16)12(17)5-10/h3-5H,6-8H2,1-2H3,(H,19,22). The minimum absolute atomic E-state index is 0.0685. The molecular formula is C15H16Cl2N4O3S. The summed E-state index contributed by atoms with van der Waals surface area (Å²) in [6.07, 6.45) is 0. The fraction of sp³-hybridized carbons (Fsp3) is 0.333. The number of carbonyl (C=O) groups is 2. The number of benzene rings is 1. The van der Waals surface area contributed by atoms with Gasteiger partial charge in [0.15, 0.2) is 5.82 Å². The van der Waals surface area contributed by atoms with Crippen molar-refractivity contribution in [1.82, 2.24) is 15.0 Å². The van der Waals surface area contributed by atoms with Crippen molar-refractivity contribution in [3.63, 3.8) is 0 Å². The Bertz CT molecular complexity index is 769. The second-order valence-electron chi connectivity index (χ2n) is 5.15. The normalized spacial score (nSPS) is 10.6. The Morgan fingerprint density at radius 2 is 2.08 bits per heavy atom. The summed E-state index contributed by atoms with van der Waals surface area (Å²) in [5.74, 6) is 1.20. The molecule has 0 aliphatic carbocycles. The zero-order valence-electron chi connectivity index (χ0n) is 13.6. The molecule has 0 atom stereocenters. The van der Waals surface area contributed by atoms with E-state index in [0.29, 0.717) is 33.2 Å². The minimum Gasteiger partial charge on any atom is -0.340 e. The van der Waals surface area contributed by atoms with E-state index < -0.39 is 0 Å². The van der Waals surface area contributed by atoms with Gasteiger partial charge in [-0.05, 0) is 18.2 Å². The number of anilines is 1.